The molecule has 0 amide bonds. The summed E-state index contributed by atoms with van der Waals surface area (Å²) < 4.78 is 47.7. The first-order valence-electron chi connectivity index (χ1n) is 12.5. The molecule has 3 aromatic carbocycles. The van der Waals surface area contributed by atoms with Crippen molar-refractivity contribution < 1.29 is 57.0 Å². The molecule has 42 heavy (non-hydrogen) atoms. The molecule has 0 bridgehead atoms. The van der Waals surface area contributed by atoms with Gasteiger partial charge in [-0.25, -0.2) is 14.4 Å². The molecule has 224 valence electrons. The van der Waals surface area contributed by atoms with E-state index in [-0.39, 0.29) is 16.7 Å². The lowest BCUT2D eigenvalue weighted by Crippen LogP contribution is -2.31. The molecule has 3 rings (SSSR count). The van der Waals surface area contributed by atoms with Crippen LogP contribution in [0.3, 0.4) is 0 Å². The average Bonchev–Trinajstić information content (AvgIpc) is 3.04. The van der Waals surface area contributed by atoms with Crippen molar-refractivity contribution in [3.05, 3.63) is 71.3 Å². The molecule has 0 spiro atoms. The third kappa shape index (κ3) is 7.74. The van der Waals surface area contributed by atoms with Crippen molar-refractivity contribution in [1.29, 1.82) is 0 Å². The van der Waals surface area contributed by atoms with Gasteiger partial charge in [-0.05, 0) is 54.6 Å². The normalized spacial score (nSPS) is 10.4. The summed E-state index contributed by atoms with van der Waals surface area (Å²) in [6, 6.07) is 13.4. The maximum absolute atomic E-state index is 13.0. The second-order valence-electron chi connectivity index (χ2n) is 8.43. The van der Waals surface area contributed by atoms with Gasteiger partial charge >= 0.3 is 17.9 Å². The summed E-state index contributed by atoms with van der Waals surface area (Å²) in [5.74, 6) is 0.00526. The monoisotopic (exact) mass is 584 g/mol. The van der Waals surface area contributed by atoms with E-state index < -0.39 is 37.2 Å². The number of hydrogen-bond acceptors (Lipinski definition) is 12. The molecule has 3 aromatic rings. The van der Waals surface area contributed by atoms with Crippen LogP contribution in [0.25, 0.3) is 0 Å². The van der Waals surface area contributed by atoms with E-state index >= 15 is 0 Å². The molecule has 0 aliphatic heterocycles. The third-order valence-electron chi connectivity index (χ3n) is 5.93. The van der Waals surface area contributed by atoms with E-state index in [9.17, 15) is 14.4 Å². The summed E-state index contributed by atoms with van der Waals surface area (Å²) in [5.41, 5.74) is 0.468. The van der Waals surface area contributed by atoms with Gasteiger partial charge in [0, 0.05) is 0 Å². The average molecular weight is 585 g/mol. The summed E-state index contributed by atoms with van der Waals surface area (Å²) in [6.07, 6.45) is -1.17. The Morgan fingerprint density at radius 1 is 0.476 bits per heavy atom. The molecular weight excluding hydrogens is 552 g/mol. The first kappa shape index (κ1) is 31.4. The molecule has 0 heterocycles. The van der Waals surface area contributed by atoms with Crippen molar-refractivity contribution in [3.8, 4) is 34.5 Å². The zero-order valence-corrected chi connectivity index (χ0v) is 24.1. The van der Waals surface area contributed by atoms with Crippen LogP contribution in [0.5, 0.6) is 34.5 Å². The molecule has 0 atom stereocenters. The number of ether oxygens (including phenoxy) is 9. The van der Waals surface area contributed by atoms with Gasteiger partial charge in [0.1, 0.15) is 13.2 Å². The minimum atomic E-state index is -1.17. The second kappa shape index (κ2) is 15.0. The highest BCUT2D eigenvalue weighted by Gasteiger charge is 2.23. The highest BCUT2D eigenvalue weighted by atomic mass is 16.6. The topological polar surface area (TPSA) is 134 Å². The Balaban J connectivity index is 1.77. The van der Waals surface area contributed by atoms with Crippen molar-refractivity contribution in [2.45, 2.75) is 6.10 Å². The van der Waals surface area contributed by atoms with Crippen LogP contribution in [-0.2, 0) is 14.2 Å². The molecule has 0 unspecified atom stereocenters. The molecular formula is C30H32O12. The Morgan fingerprint density at radius 3 is 1.10 bits per heavy atom. The van der Waals surface area contributed by atoms with Crippen LogP contribution in [0, 0.1) is 0 Å². The third-order valence-corrected chi connectivity index (χ3v) is 5.93. The van der Waals surface area contributed by atoms with E-state index in [0.717, 1.165) is 0 Å². The molecule has 0 aromatic heterocycles. The minimum Gasteiger partial charge on any atom is -0.493 e. The van der Waals surface area contributed by atoms with Crippen molar-refractivity contribution in [2.75, 3.05) is 55.9 Å². The van der Waals surface area contributed by atoms with Crippen molar-refractivity contribution >= 4 is 17.9 Å². The molecule has 0 aliphatic carbocycles. The Morgan fingerprint density at radius 2 is 0.786 bits per heavy atom. The van der Waals surface area contributed by atoms with E-state index in [1.165, 1.54) is 79.1 Å². The maximum Gasteiger partial charge on any atom is 0.338 e. The van der Waals surface area contributed by atoms with Crippen LogP contribution in [0.15, 0.2) is 54.6 Å². The first-order valence-corrected chi connectivity index (χ1v) is 12.5. The molecule has 0 saturated carbocycles. The van der Waals surface area contributed by atoms with Crippen LogP contribution in [0.1, 0.15) is 31.1 Å². The standard InChI is InChI=1S/C30H32O12/c1-34-22-10-7-18(13-25(22)37-4)28(31)40-16-21(42-30(33)20-9-12-24(36-3)27(15-20)39-6)17-41-29(32)19-8-11-23(35-2)26(14-19)38-5/h7-15,21H,16-17H2,1-6H3. The van der Waals surface area contributed by atoms with Crippen molar-refractivity contribution in [3.63, 3.8) is 0 Å². The number of benzene rings is 3. The maximum atomic E-state index is 13.0. The van der Waals surface area contributed by atoms with E-state index in [1.54, 1.807) is 18.2 Å². The van der Waals surface area contributed by atoms with Crippen LogP contribution < -0.4 is 28.4 Å². The summed E-state index contributed by atoms with van der Waals surface area (Å²) in [6.45, 7) is -0.850. The largest absolute Gasteiger partial charge is 0.493 e. The molecule has 0 fully saturated rings. The quantitative estimate of drug-likeness (QED) is 0.200. The van der Waals surface area contributed by atoms with Crippen molar-refractivity contribution in [1.82, 2.24) is 0 Å². The minimum absolute atomic E-state index is 0.134. The summed E-state index contributed by atoms with van der Waals surface area (Å²) >= 11 is 0. The fourth-order valence-corrected chi connectivity index (χ4v) is 3.73. The van der Waals surface area contributed by atoms with Crippen LogP contribution in [-0.4, -0.2) is 79.9 Å². The lowest BCUT2D eigenvalue weighted by Gasteiger charge is -2.19. The van der Waals surface area contributed by atoms with Gasteiger partial charge in [-0.3, -0.25) is 0 Å². The van der Waals surface area contributed by atoms with Gasteiger partial charge in [-0.1, -0.05) is 0 Å². The zero-order chi connectivity index (χ0) is 30.6. The predicted octanol–water partition coefficient (Wildman–Crippen LogP) is 3.98. The zero-order valence-electron chi connectivity index (χ0n) is 24.1. The van der Waals surface area contributed by atoms with Gasteiger partial charge in [0.15, 0.2) is 40.6 Å². The van der Waals surface area contributed by atoms with E-state index in [1.807, 2.05) is 0 Å². The van der Waals surface area contributed by atoms with Gasteiger partial charge in [-0.2, -0.15) is 0 Å². The summed E-state index contributed by atoms with van der Waals surface area (Å²) in [7, 11) is 8.70. The van der Waals surface area contributed by atoms with Crippen LogP contribution in [0.4, 0.5) is 0 Å². The highest BCUT2D eigenvalue weighted by molar-refractivity contribution is 5.92. The fourth-order valence-electron chi connectivity index (χ4n) is 3.73. The molecule has 12 heteroatoms. The van der Waals surface area contributed by atoms with E-state index in [0.29, 0.717) is 34.5 Å². The fraction of sp³-hybridized carbons (Fsp3) is 0.300. The summed E-state index contributed by atoms with van der Waals surface area (Å²) in [4.78, 5) is 38.6. The lowest BCUT2D eigenvalue weighted by molar-refractivity contribution is -0.0254. The van der Waals surface area contributed by atoms with Crippen molar-refractivity contribution in [2.24, 2.45) is 0 Å². The van der Waals surface area contributed by atoms with Gasteiger partial charge in [0.2, 0.25) is 0 Å². The Bertz CT molecular complexity index is 1330. The molecule has 0 saturated heterocycles. The Labute approximate surface area is 242 Å². The Hall–Kier alpha value is -5.13. The molecule has 0 N–H and O–H groups in total. The smallest absolute Gasteiger partial charge is 0.338 e. The van der Waals surface area contributed by atoms with E-state index in [4.69, 9.17) is 42.6 Å². The lowest BCUT2D eigenvalue weighted by atomic mass is 10.2. The SMILES string of the molecule is COc1ccc(C(=O)OCC(COC(=O)c2ccc(OC)c(OC)c2)OC(=O)c2ccc(OC)c(OC)c2)cc1OC. The number of rotatable bonds is 14. The summed E-state index contributed by atoms with van der Waals surface area (Å²) in [5, 5.41) is 0. The number of carbonyl (C=O) groups is 3. The van der Waals surface area contributed by atoms with Gasteiger partial charge in [-0.15, -0.1) is 0 Å². The van der Waals surface area contributed by atoms with Crippen LogP contribution >= 0.6 is 0 Å². The van der Waals surface area contributed by atoms with Gasteiger partial charge in [0.25, 0.3) is 0 Å². The number of hydrogen-bond donors (Lipinski definition) is 0. The van der Waals surface area contributed by atoms with Gasteiger partial charge < -0.3 is 42.6 Å². The number of methoxy groups -OCH3 is 6. The van der Waals surface area contributed by atoms with Gasteiger partial charge in [0.05, 0.1) is 59.3 Å². The molecule has 0 aliphatic rings. The number of carbonyl (C=O) groups excluding carboxylic acids is 3. The highest BCUT2D eigenvalue weighted by Crippen LogP contribution is 2.30. The Kier molecular flexibility index (Phi) is 11.2. The van der Waals surface area contributed by atoms with Crippen LogP contribution in [0.2, 0.25) is 0 Å². The second-order valence-corrected chi connectivity index (χ2v) is 8.43. The first-order chi connectivity index (χ1) is 20.3. The molecule has 12 nitrogen and oxygen atoms in total. The number of esters is 3. The molecule has 0 radical (unpaired) electrons. The van der Waals surface area contributed by atoms with E-state index in [2.05, 4.69) is 0 Å². The predicted molar refractivity (Wildman–Crippen MR) is 148 cm³/mol.